The smallest absolute Gasteiger partial charge is 0.264 e. The van der Waals surface area contributed by atoms with Crippen molar-refractivity contribution in [2.75, 3.05) is 35.9 Å². The Labute approximate surface area is 236 Å². The van der Waals surface area contributed by atoms with Crippen LogP contribution in [0, 0.1) is 0 Å². The van der Waals surface area contributed by atoms with E-state index in [4.69, 9.17) is 27.9 Å². The Balaban J connectivity index is 1.09. The third-order valence-electron chi connectivity index (χ3n) is 6.39. The molecule has 0 radical (unpaired) electrons. The summed E-state index contributed by atoms with van der Waals surface area (Å²) in [5, 5.41) is 7.88. The zero-order valence-corrected chi connectivity index (χ0v) is 23.2. The molecule has 11 heteroatoms. The van der Waals surface area contributed by atoms with Crippen molar-refractivity contribution in [3.05, 3.63) is 88.5 Å². The number of ether oxygens (including phenoxy) is 1. The molecule has 0 saturated heterocycles. The number of nitrogens with one attached hydrogen (secondary N) is 2. The van der Waals surface area contributed by atoms with Crippen LogP contribution in [-0.4, -0.2) is 45.6 Å². The van der Waals surface area contributed by atoms with Crippen LogP contribution in [0.25, 0.3) is 10.9 Å². The zero-order valence-electron chi connectivity index (χ0n) is 20.9. The average Bonchev–Trinajstić information content (AvgIpc) is 3.37. The number of hydrogen-bond acceptors (Lipinski definition) is 6. The topological polar surface area (TPSA) is 101 Å². The number of sulfonamides is 1. The number of rotatable bonds is 10. The van der Waals surface area contributed by atoms with Crippen LogP contribution >= 0.6 is 23.2 Å². The summed E-state index contributed by atoms with van der Waals surface area (Å²) in [7, 11) is -3.78. The number of hydrogen-bond donors (Lipinski definition) is 2. The van der Waals surface area contributed by atoms with Crippen molar-refractivity contribution in [1.82, 2.24) is 10.3 Å². The maximum Gasteiger partial charge on any atom is 0.264 e. The zero-order chi connectivity index (χ0) is 27.4. The summed E-state index contributed by atoms with van der Waals surface area (Å²) in [6.45, 7) is 1.23. The molecule has 2 N–H and O–H groups in total. The number of benzene rings is 3. The molecule has 0 spiro atoms. The maximum absolute atomic E-state index is 13.2. The van der Waals surface area contributed by atoms with Crippen LogP contribution in [0.2, 0.25) is 10.0 Å². The minimum atomic E-state index is -3.78. The average molecular weight is 586 g/mol. The van der Waals surface area contributed by atoms with Crippen LogP contribution < -0.4 is 19.7 Å². The number of anilines is 2. The molecule has 39 heavy (non-hydrogen) atoms. The molecule has 0 bridgehead atoms. The summed E-state index contributed by atoms with van der Waals surface area (Å²) in [6.07, 6.45) is 3.07. The normalized spacial score (nSPS) is 12.8. The fourth-order valence-electron chi connectivity index (χ4n) is 4.45. The number of aromatic nitrogens is 1. The molecule has 202 valence electrons. The molecule has 0 atom stereocenters. The fraction of sp³-hybridized carbons (Fsp3) is 0.214. The molecule has 1 amide bonds. The van der Waals surface area contributed by atoms with Crippen molar-refractivity contribution >= 4 is 61.4 Å². The first-order valence-electron chi connectivity index (χ1n) is 12.4. The second-order valence-electron chi connectivity index (χ2n) is 8.99. The molecule has 0 fully saturated rings. The van der Waals surface area contributed by atoms with Crippen LogP contribution in [0.3, 0.4) is 0 Å². The van der Waals surface area contributed by atoms with Crippen molar-refractivity contribution in [2.45, 2.75) is 17.7 Å². The molecule has 0 unspecified atom stereocenters. The first kappa shape index (κ1) is 27.1. The van der Waals surface area contributed by atoms with E-state index < -0.39 is 10.0 Å². The van der Waals surface area contributed by atoms with E-state index in [9.17, 15) is 13.2 Å². The first-order chi connectivity index (χ1) is 18.8. The molecule has 8 nitrogen and oxygen atoms in total. The molecule has 5 rings (SSSR count). The lowest BCUT2D eigenvalue weighted by atomic mass is 10.2. The Morgan fingerprint density at radius 1 is 1.03 bits per heavy atom. The molecule has 1 aromatic heterocycles. The number of fused-ring (bicyclic) bond motifs is 2. The largest absolute Gasteiger partial charge is 0.482 e. The number of nitrogens with zero attached hydrogens (tertiary/aromatic N) is 2. The van der Waals surface area contributed by atoms with Gasteiger partial charge in [0.05, 0.1) is 21.1 Å². The van der Waals surface area contributed by atoms with Crippen LogP contribution in [0.4, 0.5) is 11.4 Å². The van der Waals surface area contributed by atoms with Crippen molar-refractivity contribution in [3.63, 3.8) is 0 Å². The standard InChI is InChI=1S/C28H26Cl2N4O4S/c29-20-6-8-22-24(10-14-32-25(22)16-20)31-12-3-13-33-28(35)18-38-27-9-7-21(17-23(27)30)39(36,37)34-15-11-19-4-1-2-5-26(19)34/h1-2,4-10,14,16-17H,3,11-13,15,18H2,(H,31,32)(H,33,35). The van der Waals surface area contributed by atoms with Gasteiger partial charge < -0.3 is 15.4 Å². The van der Waals surface area contributed by atoms with Gasteiger partial charge in [0.2, 0.25) is 0 Å². The lowest BCUT2D eigenvalue weighted by molar-refractivity contribution is -0.123. The Morgan fingerprint density at radius 2 is 1.87 bits per heavy atom. The summed E-state index contributed by atoms with van der Waals surface area (Å²) < 4.78 is 33.4. The van der Waals surface area contributed by atoms with Crippen LogP contribution in [0.5, 0.6) is 5.75 Å². The molecular formula is C28H26Cl2N4O4S. The summed E-state index contributed by atoms with van der Waals surface area (Å²) >= 11 is 12.4. The first-order valence-corrected chi connectivity index (χ1v) is 14.6. The number of carbonyl (C=O) groups is 1. The van der Waals surface area contributed by atoms with Gasteiger partial charge in [-0.05, 0) is 66.9 Å². The Bertz CT molecular complexity index is 1630. The molecule has 1 aliphatic heterocycles. The number of para-hydroxylation sites is 1. The number of pyridine rings is 1. The van der Waals surface area contributed by atoms with Gasteiger partial charge in [-0.1, -0.05) is 41.4 Å². The van der Waals surface area contributed by atoms with Crippen LogP contribution in [-0.2, 0) is 21.2 Å². The van der Waals surface area contributed by atoms with Crippen molar-refractivity contribution in [1.29, 1.82) is 0 Å². The van der Waals surface area contributed by atoms with E-state index in [1.165, 1.54) is 22.5 Å². The van der Waals surface area contributed by atoms with E-state index in [2.05, 4.69) is 15.6 Å². The van der Waals surface area contributed by atoms with E-state index >= 15 is 0 Å². The third kappa shape index (κ3) is 6.06. The van der Waals surface area contributed by atoms with E-state index in [1.54, 1.807) is 12.3 Å². The van der Waals surface area contributed by atoms with E-state index in [-0.39, 0.29) is 28.2 Å². The van der Waals surface area contributed by atoms with Gasteiger partial charge >= 0.3 is 0 Å². The number of amides is 1. The minimum absolute atomic E-state index is 0.0681. The van der Waals surface area contributed by atoms with Crippen LogP contribution in [0.15, 0.2) is 77.8 Å². The van der Waals surface area contributed by atoms with Crippen molar-refractivity contribution in [3.8, 4) is 5.75 Å². The van der Waals surface area contributed by atoms with Gasteiger partial charge in [0.15, 0.2) is 6.61 Å². The third-order valence-corrected chi connectivity index (χ3v) is 8.73. The Kier molecular flexibility index (Phi) is 8.11. The highest BCUT2D eigenvalue weighted by molar-refractivity contribution is 7.92. The van der Waals surface area contributed by atoms with Gasteiger partial charge in [0.25, 0.3) is 15.9 Å². The number of halogens is 2. The fourth-order valence-corrected chi connectivity index (χ4v) is 6.45. The quantitative estimate of drug-likeness (QED) is 0.246. The van der Waals surface area contributed by atoms with Gasteiger partial charge in [-0.25, -0.2) is 8.42 Å². The van der Waals surface area contributed by atoms with Gasteiger partial charge in [0, 0.05) is 41.9 Å². The summed E-state index contributed by atoms with van der Waals surface area (Å²) in [5.74, 6) is -0.0700. The van der Waals surface area contributed by atoms with Crippen LogP contribution in [0.1, 0.15) is 12.0 Å². The highest BCUT2D eigenvalue weighted by Crippen LogP contribution is 2.35. The summed E-state index contributed by atoms with van der Waals surface area (Å²) in [6, 6.07) is 19.2. The summed E-state index contributed by atoms with van der Waals surface area (Å²) in [4.78, 5) is 16.7. The minimum Gasteiger partial charge on any atom is -0.482 e. The SMILES string of the molecule is O=C(COc1ccc(S(=O)(=O)N2CCc3ccccc32)cc1Cl)NCCCNc1ccnc2cc(Cl)ccc12. The molecule has 0 aliphatic carbocycles. The van der Waals surface area contributed by atoms with Crippen molar-refractivity contribution in [2.24, 2.45) is 0 Å². The second kappa shape index (κ2) is 11.7. The Hall–Kier alpha value is -3.53. The van der Waals surface area contributed by atoms with Gasteiger partial charge in [-0.3, -0.25) is 14.1 Å². The molecular weight excluding hydrogens is 559 g/mol. The predicted octanol–water partition coefficient (Wildman–Crippen LogP) is 5.29. The lowest BCUT2D eigenvalue weighted by Gasteiger charge is -2.20. The van der Waals surface area contributed by atoms with Gasteiger partial charge in [-0.15, -0.1) is 0 Å². The van der Waals surface area contributed by atoms with E-state index in [0.717, 1.165) is 22.2 Å². The maximum atomic E-state index is 13.2. The van der Waals surface area contributed by atoms with Crippen molar-refractivity contribution < 1.29 is 17.9 Å². The lowest BCUT2D eigenvalue weighted by Crippen LogP contribution is -2.30. The monoisotopic (exact) mass is 584 g/mol. The molecule has 4 aromatic rings. The van der Waals surface area contributed by atoms with Gasteiger partial charge in [0.1, 0.15) is 5.75 Å². The second-order valence-corrected chi connectivity index (χ2v) is 11.7. The van der Waals surface area contributed by atoms with E-state index in [0.29, 0.717) is 43.2 Å². The highest BCUT2D eigenvalue weighted by atomic mass is 35.5. The number of carbonyl (C=O) groups excluding carboxylic acids is 1. The molecule has 2 heterocycles. The molecule has 3 aromatic carbocycles. The predicted molar refractivity (Wildman–Crippen MR) is 154 cm³/mol. The van der Waals surface area contributed by atoms with Gasteiger partial charge in [-0.2, -0.15) is 0 Å². The highest BCUT2D eigenvalue weighted by Gasteiger charge is 2.31. The van der Waals surface area contributed by atoms with E-state index in [1.807, 2.05) is 42.5 Å². The Morgan fingerprint density at radius 3 is 2.72 bits per heavy atom. The molecule has 1 aliphatic rings. The summed E-state index contributed by atoms with van der Waals surface area (Å²) in [5.41, 5.74) is 3.42. The molecule has 0 saturated carbocycles.